The third-order valence-electron chi connectivity index (χ3n) is 3.82. The fourth-order valence-corrected chi connectivity index (χ4v) is 2.37. The van der Waals surface area contributed by atoms with E-state index in [0.29, 0.717) is 11.3 Å². The number of methoxy groups -OCH3 is 1. The number of hydrogen-bond acceptors (Lipinski definition) is 2. The van der Waals surface area contributed by atoms with Gasteiger partial charge in [0, 0.05) is 0 Å². The molecule has 23 heavy (non-hydrogen) atoms. The Bertz CT molecular complexity index is 716. The molecule has 0 atom stereocenters. The van der Waals surface area contributed by atoms with Crippen molar-refractivity contribution in [1.29, 1.82) is 0 Å². The quantitative estimate of drug-likeness (QED) is 0.573. The van der Waals surface area contributed by atoms with Gasteiger partial charge in [-0.3, -0.25) is 4.79 Å². The lowest BCUT2D eigenvalue weighted by Gasteiger charge is -2.18. The Hall–Kier alpha value is -2.35. The molecule has 2 heteroatoms. The van der Waals surface area contributed by atoms with E-state index >= 15 is 0 Å². The van der Waals surface area contributed by atoms with Crippen molar-refractivity contribution in [3.05, 3.63) is 70.8 Å². The molecule has 2 aromatic carbocycles. The fourth-order valence-electron chi connectivity index (χ4n) is 2.37. The molecule has 0 aliphatic carbocycles. The van der Waals surface area contributed by atoms with Gasteiger partial charge in [-0.15, -0.1) is 0 Å². The maximum atomic E-state index is 12.4. The average Bonchev–Trinajstić information content (AvgIpc) is 2.52. The minimum absolute atomic E-state index is 0.0505. The number of ketones is 1. The Labute approximate surface area is 138 Å². The van der Waals surface area contributed by atoms with Crippen LogP contribution in [0.5, 0.6) is 5.75 Å². The Morgan fingerprint density at radius 2 is 1.70 bits per heavy atom. The summed E-state index contributed by atoms with van der Waals surface area (Å²) in [6.07, 6.45) is 3.44. The van der Waals surface area contributed by atoms with Crippen molar-refractivity contribution in [1.82, 2.24) is 0 Å². The monoisotopic (exact) mass is 308 g/mol. The van der Waals surface area contributed by atoms with Crippen LogP contribution < -0.4 is 4.74 Å². The second-order valence-electron chi connectivity index (χ2n) is 6.77. The van der Waals surface area contributed by atoms with Crippen molar-refractivity contribution in [2.75, 3.05) is 7.11 Å². The lowest BCUT2D eigenvalue weighted by atomic mass is 9.87. The molecule has 0 heterocycles. The fraction of sp³-hybridized carbons (Fsp3) is 0.286. The zero-order chi connectivity index (χ0) is 17.0. The van der Waals surface area contributed by atoms with E-state index in [0.717, 1.165) is 11.1 Å². The number of hydrogen-bond donors (Lipinski definition) is 0. The number of carbonyl (C=O) groups is 1. The van der Waals surface area contributed by atoms with Crippen molar-refractivity contribution < 1.29 is 9.53 Å². The minimum atomic E-state index is -0.0505. The van der Waals surface area contributed by atoms with Gasteiger partial charge in [0.05, 0.1) is 12.7 Å². The molecule has 0 bridgehead atoms. The largest absolute Gasteiger partial charge is 0.496 e. The lowest BCUT2D eigenvalue weighted by molar-refractivity contribution is 0.104. The number of benzene rings is 2. The highest BCUT2D eigenvalue weighted by Gasteiger charge is 2.13. The van der Waals surface area contributed by atoms with Gasteiger partial charge < -0.3 is 4.74 Å². The summed E-state index contributed by atoms with van der Waals surface area (Å²) >= 11 is 0. The lowest BCUT2D eigenvalue weighted by Crippen LogP contribution is -2.10. The number of allylic oxidation sites excluding steroid dienone is 1. The summed E-state index contributed by atoms with van der Waals surface area (Å²) < 4.78 is 5.27. The van der Waals surface area contributed by atoms with Crippen molar-refractivity contribution in [3.8, 4) is 5.75 Å². The van der Waals surface area contributed by atoms with Crippen molar-refractivity contribution in [3.63, 3.8) is 0 Å². The topological polar surface area (TPSA) is 26.3 Å². The third-order valence-corrected chi connectivity index (χ3v) is 3.82. The summed E-state index contributed by atoms with van der Waals surface area (Å²) in [5.41, 5.74) is 4.05. The number of ether oxygens (including phenoxy) is 1. The summed E-state index contributed by atoms with van der Waals surface area (Å²) in [6, 6.07) is 13.9. The minimum Gasteiger partial charge on any atom is -0.496 e. The molecule has 0 spiro atoms. The van der Waals surface area contributed by atoms with E-state index in [2.05, 4.69) is 32.9 Å². The van der Waals surface area contributed by atoms with Crippen LogP contribution in [0.15, 0.2) is 48.5 Å². The normalized spacial score (nSPS) is 11.7. The van der Waals surface area contributed by atoms with Gasteiger partial charge in [-0.2, -0.15) is 0 Å². The number of carbonyl (C=O) groups excluding carboxylic acids is 1. The molecule has 2 aromatic rings. The van der Waals surface area contributed by atoms with Gasteiger partial charge in [-0.05, 0) is 41.7 Å². The zero-order valence-corrected chi connectivity index (χ0v) is 14.5. The predicted molar refractivity (Wildman–Crippen MR) is 96.2 cm³/mol. The maximum Gasteiger partial charge on any atom is 0.189 e. The van der Waals surface area contributed by atoms with E-state index < -0.39 is 0 Å². The van der Waals surface area contributed by atoms with Crippen molar-refractivity contribution in [2.24, 2.45) is 0 Å². The molecule has 0 aromatic heterocycles. The van der Waals surface area contributed by atoms with Crippen LogP contribution in [-0.4, -0.2) is 12.9 Å². The summed E-state index contributed by atoms with van der Waals surface area (Å²) in [5, 5.41) is 0. The highest BCUT2D eigenvalue weighted by Crippen LogP contribution is 2.23. The van der Waals surface area contributed by atoms with E-state index in [1.54, 1.807) is 13.2 Å². The first-order chi connectivity index (χ1) is 10.8. The molecule has 0 aliphatic heterocycles. The first-order valence-corrected chi connectivity index (χ1v) is 7.79. The van der Waals surface area contributed by atoms with Gasteiger partial charge in [-0.25, -0.2) is 0 Å². The smallest absolute Gasteiger partial charge is 0.189 e. The molecule has 0 saturated heterocycles. The van der Waals surface area contributed by atoms with Gasteiger partial charge in [-0.1, -0.05) is 62.7 Å². The Balaban J connectivity index is 2.20. The van der Waals surface area contributed by atoms with Crippen LogP contribution in [-0.2, 0) is 5.41 Å². The van der Waals surface area contributed by atoms with Gasteiger partial charge >= 0.3 is 0 Å². The number of rotatable bonds is 4. The Kier molecular flexibility index (Phi) is 5.05. The van der Waals surface area contributed by atoms with E-state index in [1.165, 1.54) is 5.56 Å². The molecule has 0 aliphatic rings. The van der Waals surface area contributed by atoms with Crippen LogP contribution in [0.4, 0.5) is 0 Å². The van der Waals surface area contributed by atoms with Gasteiger partial charge in [0.2, 0.25) is 0 Å². The second-order valence-corrected chi connectivity index (χ2v) is 6.77. The molecule has 120 valence electrons. The van der Waals surface area contributed by atoms with E-state index in [4.69, 9.17) is 4.74 Å². The third kappa shape index (κ3) is 4.32. The van der Waals surface area contributed by atoms with Crippen molar-refractivity contribution in [2.45, 2.75) is 33.1 Å². The second kappa shape index (κ2) is 6.82. The molecular formula is C21H24O2. The SMILES string of the molecule is COc1ccc(C)cc1C(=O)/C=C/c1ccc(C(C)(C)C)cc1. The van der Waals surface area contributed by atoms with Gasteiger partial charge in [0.1, 0.15) is 5.75 Å². The van der Waals surface area contributed by atoms with E-state index in [1.807, 2.05) is 43.3 Å². The molecule has 0 amide bonds. The van der Waals surface area contributed by atoms with Crippen molar-refractivity contribution >= 4 is 11.9 Å². The average molecular weight is 308 g/mol. The highest BCUT2D eigenvalue weighted by molar-refractivity contribution is 6.08. The zero-order valence-electron chi connectivity index (χ0n) is 14.5. The molecule has 0 N–H and O–H groups in total. The highest BCUT2D eigenvalue weighted by atomic mass is 16.5. The maximum absolute atomic E-state index is 12.4. The Morgan fingerprint density at radius 1 is 1.04 bits per heavy atom. The van der Waals surface area contributed by atoms with Crippen LogP contribution in [0.1, 0.15) is 47.8 Å². The van der Waals surface area contributed by atoms with Gasteiger partial charge in [0.15, 0.2) is 5.78 Å². The summed E-state index contributed by atoms with van der Waals surface area (Å²) in [7, 11) is 1.58. The van der Waals surface area contributed by atoms with Gasteiger partial charge in [0.25, 0.3) is 0 Å². The molecular weight excluding hydrogens is 284 g/mol. The van der Waals surface area contributed by atoms with E-state index in [9.17, 15) is 4.79 Å². The first-order valence-electron chi connectivity index (χ1n) is 7.79. The van der Waals surface area contributed by atoms with E-state index in [-0.39, 0.29) is 11.2 Å². The molecule has 0 fully saturated rings. The predicted octanol–water partition coefficient (Wildman–Crippen LogP) is 5.20. The van der Waals surface area contributed by atoms with Crippen LogP contribution in [0.2, 0.25) is 0 Å². The standard InChI is InChI=1S/C21H24O2/c1-15-6-13-20(23-5)18(14-15)19(22)12-9-16-7-10-17(11-8-16)21(2,3)4/h6-14H,1-5H3/b12-9+. The Morgan fingerprint density at radius 3 is 2.26 bits per heavy atom. The van der Waals surface area contributed by atoms with Crippen LogP contribution in [0, 0.1) is 6.92 Å². The van der Waals surface area contributed by atoms with Crippen LogP contribution in [0.25, 0.3) is 6.08 Å². The first kappa shape index (κ1) is 17.0. The van der Waals surface area contributed by atoms with Crippen LogP contribution >= 0.6 is 0 Å². The number of aryl methyl sites for hydroxylation is 1. The molecule has 0 radical (unpaired) electrons. The summed E-state index contributed by atoms with van der Waals surface area (Å²) in [4.78, 5) is 12.4. The summed E-state index contributed by atoms with van der Waals surface area (Å²) in [6.45, 7) is 8.52. The molecule has 2 nitrogen and oxygen atoms in total. The van der Waals surface area contributed by atoms with Crippen LogP contribution in [0.3, 0.4) is 0 Å². The summed E-state index contributed by atoms with van der Waals surface area (Å²) in [5.74, 6) is 0.554. The molecule has 2 rings (SSSR count). The molecule has 0 saturated carbocycles. The molecule has 0 unspecified atom stereocenters.